The summed E-state index contributed by atoms with van der Waals surface area (Å²) in [6.07, 6.45) is 8.30. The fraction of sp³-hybridized carbons (Fsp3) is 0.769. The first-order valence-corrected chi connectivity index (χ1v) is 6.29. The Morgan fingerprint density at radius 3 is 2.75 bits per heavy atom. The van der Waals surface area contributed by atoms with Gasteiger partial charge in [0.2, 0.25) is 5.91 Å². The second-order valence-corrected chi connectivity index (χ2v) is 5.05. The summed E-state index contributed by atoms with van der Waals surface area (Å²) in [6, 6.07) is 0.318. The molecule has 0 saturated heterocycles. The molecule has 0 aliphatic heterocycles. The van der Waals surface area contributed by atoms with Crippen molar-refractivity contribution >= 4 is 5.91 Å². The van der Waals surface area contributed by atoms with Gasteiger partial charge in [-0.3, -0.25) is 4.79 Å². The van der Waals surface area contributed by atoms with Gasteiger partial charge in [-0.2, -0.15) is 0 Å². The maximum Gasteiger partial charge on any atom is 0.224 e. The highest BCUT2D eigenvalue weighted by Crippen LogP contribution is 2.14. The third-order valence-electron chi connectivity index (χ3n) is 3.03. The van der Waals surface area contributed by atoms with E-state index in [9.17, 15) is 4.79 Å². The van der Waals surface area contributed by atoms with Gasteiger partial charge in [-0.15, -0.1) is 0 Å². The third kappa shape index (κ3) is 4.35. The van der Waals surface area contributed by atoms with Crippen molar-refractivity contribution in [2.45, 2.75) is 45.6 Å². The summed E-state index contributed by atoms with van der Waals surface area (Å²) in [5.74, 6) is 0.632. The number of nitrogens with two attached hydrogens (primary N) is 1. The molecule has 2 atom stereocenters. The standard InChI is InChI=1S/C13H24N2O/c1-10(2)8-11(9-14)13(16)15-12-6-4-3-5-7-12/h3-4,10-12H,5-9,14H2,1-2H3,(H,15,16). The zero-order chi connectivity index (χ0) is 12.0. The first-order valence-electron chi connectivity index (χ1n) is 6.29. The summed E-state index contributed by atoms with van der Waals surface area (Å²) in [5.41, 5.74) is 5.65. The largest absolute Gasteiger partial charge is 0.353 e. The van der Waals surface area contributed by atoms with Crippen LogP contribution in [0.3, 0.4) is 0 Å². The van der Waals surface area contributed by atoms with E-state index < -0.39 is 0 Å². The molecular weight excluding hydrogens is 200 g/mol. The fourth-order valence-corrected chi connectivity index (χ4v) is 2.12. The van der Waals surface area contributed by atoms with Crippen LogP contribution in [0.5, 0.6) is 0 Å². The predicted molar refractivity (Wildman–Crippen MR) is 66.9 cm³/mol. The van der Waals surface area contributed by atoms with Crippen molar-refractivity contribution < 1.29 is 4.79 Å². The van der Waals surface area contributed by atoms with Gasteiger partial charge in [-0.25, -0.2) is 0 Å². The summed E-state index contributed by atoms with van der Waals surface area (Å²) >= 11 is 0. The molecule has 0 aromatic rings. The van der Waals surface area contributed by atoms with Crippen molar-refractivity contribution in [2.24, 2.45) is 17.6 Å². The minimum absolute atomic E-state index is 0.0223. The van der Waals surface area contributed by atoms with E-state index in [1.807, 2.05) is 0 Å². The van der Waals surface area contributed by atoms with Crippen LogP contribution in [0, 0.1) is 11.8 Å². The Morgan fingerprint density at radius 2 is 2.25 bits per heavy atom. The molecule has 2 unspecified atom stereocenters. The smallest absolute Gasteiger partial charge is 0.224 e. The van der Waals surface area contributed by atoms with Gasteiger partial charge in [0.25, 0.3) is 0 Å². The normalized spacial score (nSPS) is 22.1. The van der Waals surface area contributed by atoms with Crippen molar-refractivity contribution in [1.82, 2.24) is 5.32 Å². The highest BCUT2D eigenvalue weighted by atomic mass is 16.1. The molecule has 1 aliphatic rings. The summed E-state index contributed by atoms with van der Waals surface area (Å²) in [5, 5.41) is 3.11. The Morgan fingerprint density at radius 1 is 1.50 bits per heavy atom. The monoisotopic (exact) mass is 224 g/mol. The number of hydrogen-bond donors (Lipinski definition) is 2. The Bertz CT molecular complexity index is 248. The Kier molecular flexibility index (Phi) is 5.53. The molecule has 1 rings (SSSR count). The molecule has 0 radical (unpaired) electrons. The summed E-state index contributed by atoms with van der Waals surface area (Å²) in [6.45, 7) is 4.70. The SMILES string of the molecule is CC(C)CC(CN)C(=O)NC1CC=CCC1. The molecule has 3 N–H and O–H groups in total. The lowest BCUT2D eigenvalue weighted by Crippen LogP contribution is -2.42. The molecule has 0 bridgehead atoms. The summed E-state index contributed by atoms with van der Waals surface area (Å²) in [4.78, 5) is 12.0. The minimum atomic E-state index is -0.0223. The molecule has 0 aromatic heterocycles. The molecule has 0 heterocycles. The molecule has 1 amide bonds. The zero-order valence-corrected chi connectivity index (χ0v) is 10.4. The van der Waals surface area contributed by atoms with Gasteiger partial charge >= 0.3 is 0 Å². The van der Waals surface area contributed by atoms with Gasteiger partial charge in [0, 0.05) is 12.6 Å². The zero-order valence-electron chi connectivity index (χ0n) is 10.4. The van der Waals surface area contributed by atoms with Gasteiger partial charge < -0.3 is 11.1 Å². The van der Waals surface area contributed by atoms with Crippen LogP contribution in [-0.4, -0.2) is 18.5 Å². The van der Waals surface area contributed by atoms with Crippen molar-refractivity contribution in [2.75, 3.05) is 6.54 Å². The Balaban J connectivity index is 2.39. The lowest BCUT2D eigenvalue weighted by Gasteiger charge is -2.23. The van der Waals surface area contributed by atoms with Crippen molar-refractivity contribution in [3.05, 3.63) is 12.2 Å². The van der Waals surface area contributed by atoms with Crippen LogP contribution in [0.4, 0.5) is 0 Å². The minimum Gasteiger partial charge on any atom is -0.353 e. The van der Waals surface area contributed by atoms with Gasteiger partial charge in [0.15, 0.2) is 0 Å². The summed E-state index contributed by atoms with van der Waals surface area (Å²) in [7, 11) is 0. The number of carbonyl (C=O) groups is 1. The Labute approximate surface area is 98.5 Å². The highest BCUT2D eigenvalue weighted by Gasteiger charge is 2.21. The second-order valence-electron chi connectivity index (χ2n) is 5.05. The van der Waals surface area contributed by atoms with Gasteiger partial charge in [-0.1, -0.05) is 26.0 Å². The molecule has 16 heavy (non-hydrogen) atoms. The van der Waals surface area contributed by atoms with Crippen molar-refractivity contribution in [3.8, 4) is 0 Å². The van der Waals surface area contributed by atoms with Gasteiger partial charge in [-0.05, 0) is 31.6 Å². The number of nitrogens with one attached hydrogen (secondary N) is 1. The predicted octanol–water partition coefficient (Wildman–Crippen LogP) is 1.83. The number of rotatable bonds is 5. The number of hydrogen-bond acceptors (Lipinski definition) is 2. The molecule has 1 aliphatic carbocycles. The van der Waals surface area contributed by atoms with Crippen LogP contribution in [0.15, 0.2) is 12.2 Å². The molecule has 3 heteroatoms. The third-order valence-corrected chi connectivity index (χ3v) is 3.03. The first kappa shape index (κ1) is 13.2. The van der Waals surface area contributed by atoms with Gasteiger partial charge in [0.05, 0.1) is 5.92 Å². The maximum absolute atomic E-state index is 12.0. The van der Waals surface area contributed by atoms with E-state index in [2.05, 4.69) is 31.3 Å². The molecule has 0 aromatic carbocycles. The lowest BCUT2D eigenvalue weighted by molar-refractivity contribution is -0.126. The average molecular weight is 224 g/mol. The van der Waals surface area contributed by atoms with Crippen LogP contribution in [0.25, 0.3) is 0 Å². The second kappa shape index (κ2) is 6.69. The van der Waals surface area contributed by atoms with Crippen LogP contribution in [0.1, 0.15) is 39.5 Å². The van der Waals surface area contributed by atoms with Crippen molar-refractivity contribution in [1.29, 1.82) is 0 Å². The van der Waals surface area contributed by atoms with E-state index in [1.54, 1.807) is 0 Å². The molecule has 0 saturated carbocycles. The lowest BCUT2D eigenvalue weighted by atomic mass is 9.95. The van der Waals surface area contributed by atoms with Crippen LogP contribution >= 0.6 is 0 Å². The highest BCUT2D eigenvalue weighted by molar-refractivity contribution is 5.79. The quantitative estimate of drug-likeness (QED) is 0.700. The number of carbonyl (C=O) groups excluding carboxylic acids is 1. The topological polar surface area (TPSA) is 55.1 Å². The van der Waals surface area contributed by atoms with E-state index in [-0.39, 0.29) is 11.8 Å². The molecule has 3 nitrogen and oxygen atoms in total. The molecular formula is C13H24N2O. The summed E-state index contributed by atoms with van der Waals surface area (Å²) < 4.78 is 0. The first-order chi connectivity index (χ1) is 7.63. The molecule has 0 fully saturated rings. The van der Waals surface area contributed by atoms with Crippen LogP contribution < -0.4 is 11.1 Å². The van der Waals surface area contributed by atoms with Gasteiger partial charge in [0.1, 0.15) is 0 Å². The van der Waals surface area contributed by atoms with E-state index in [0.29, 0.717) is 18.5 Å². The average Bonchev–Trinajstić information content (AvgIpc) is 2.26. The number of amides is 1. The Hall–Kier alpha value is -0.830. The maximum atomic E-state index is 12.0. The van der Waals surface area contributed by atoms with Crippen LogP contribution in [-0.2, 0) is 4.79 Å². The fourth-order valence-electron chi connectivity index (χ4n) is 2.12. The van der Waals surface area contributed by atoms with E-state index in [0.717, 1.165) is 25.7 Å². The van der Waals surface area contributed by atoms with Crippen molar-refractivity contribution in [3.63, 3.8) is 0 Å². The van der Waals surface area contributed by atoms with E-state index in [4.69, 9.17) is 5.73 Å². The van der Waals surface area contributed by atoms with E-state index >= 15 is 0 Å². The van der Waals surface area contributed by atoms with Crippen LogP contribution in [0.2, 0.25) is 0 Å². The van der Waals surface area contributed by atoms with E-state index in [1.165, 1.54) is 0 Å². The molecule has 0 spiro atoms. The number of allylic oxidation sites excluding steroid dienone is 1. The molecule has 92 valence electrons.